The molecule has 0 fully saturated rings. The van der Waals surface area contributed by atoms with Crippen LogP contribution in [0.5, 0.6) is 0 Å². The summed E-state index contributed by atoms with van der Waals surface area (Å²) in [6.45, 7) is 2.01. The molecule has 0 saturated heterocycles. The lowest BCUT2D eigenvalue weighted by atomic mass is 9.90. The van der Waals surface area contributed by atoms with Gasteiger partial charge >= 0.3 is 0 Å². The Hall–Kier alpha value is -8.08. The molecule has 0 atom stereocenters. The number of fused-ring (bicyclic) bond motifs is 6. The van der Waals surface area contributed by atoms with E-state index in [0.29, 0.717) is 17.5 Å². The Balaban J connectivity index is 1.08. The van der Waals surface area contributed by atoms with Crippen molar-refractivity contribution in [3.05, 3.63) is 218 Å². The maximum Gasteiger partial charge on any atom is 0.164 e. The summed E-state index contributed by atoms with van der Waals surface area (Å²) in [6, 6.07) is 73.1. The second-order valence-corrected chi connectivity index (χ2v) is 15.5. The molecule has 0 aliphatic heterocycles. The normalized spacial score (nSPS) is 11.4. The van der Waals surface area contributed by atoms with Crippen molar-refractivity contribution in [2.45, 2.75) is 6.92 Å². The Kier molecular flexibility index (Phi) is 9.02. The number of benzene rings is 9. The number of rotatable bonds is 7. The first-order valence-corrected chi connectivity index (χ1v) is 20.6. The van der Waals surface area contributed by atoms with Crippen LogP contribution in [0, 0.1) is 6.92 Å². The average molecular weight is 779 g/mol. The van der Waals surface area contributed by atoms with Gasteiger partial charge in [-0.25, -0.2) is 15.0 Å². The van der Waals surface area contributed by atoms with Gasteiger partial charge in [-0.2, -0.15) is 0 Å². The molecule has 0 saturated carbocycles. The molecule has 4 heteroatoms. The molecule has 0 amide bonds. The zero-order valence-corrected chi connectivity index (χ0v) is 33.5. The molecule has 11 rings (SSSR count). The van der Waals surface area contributed by atoms with Crippen molar-refractivity contribution < 1.29 is 0 Å². The van der Waals surface area contributed by atoms with Gasteiger partial charge in [-0.1, -0.05) is 170 Å². The van der Waals surface area contributed by atoms with Crippen LogP contribution in [-0.2, 0) is 0 Å². The zero-order valence-electron chi connectivity index (χ0n) is 33.5. The fourth-order valence-electron chi connectivity index (χ4n) is 8.49. The third-order valence-corrected chi connectivity index (χ3v) is 11.6. The summed E-state index contributed by atoms with van der Waals surface area (Å²) >= 11 is 0. The molecular weight excluding hydrogens is 741 g/mol. The van der Waals surface area contributed by atoms with Crippen LogP contribution in [0.4, 0.5) is 0 Å². The van der Waals surface area contributed by atoms with Crippen molar-refractivity contribution in [3.8, 4) is 78.7 Å². The summed E-state index contributed by atoms with van der Waals surface area (Å²) in [5.41, 5.74) is 12.7. The number of nitrogens with zero attached hydrogens (tertiary/aromatic N) is 4. The third-order valence-electron chi connectivity index (χ3n) is 11.6. The van der Waals surface area contributed by atoms with Gasteiger partial charge in [0.05, 0.1) is 0 Å². The Morgan fingerprint density at radius 3 is 1.18 bits per heavy atom. The lowest BCUT2D eigenvalue weighted by Crippen LogP contribution is -2.00. The van der Waals surface area contributed by atoms with E-state index in [1.807, 2.05) is 73.8 Å². The smallest absolute Gasteiger partial charge is 0.164 e. The van der Waals surface area contributed by atoms with Gasteiger partial charge in [0, 0.05) is 34.1 Å². The number of hydrogen-bond acceptors (Lipinski definition) is 4. The van der Waals surface area contributed by atoms with Gasteiger partial charge in [0.25, 0.3) is 0 Å². The van der Waals surface area contributed by atoms with Crippen LogP contribution in [0.3, 0.4) is 0 Å². The van der Waals surface area contributed by atoms with Crippen molar-refractivity contribution >= 4 is 32.3 Å². The summed E-state index contributed by atoms with van der Waals surface area (Å²) in [5.74, 6) is 1.88. The molecule has 9 aromatic carbocycles. The van der Waals surface area contributed by atoms with Crippen LogP contribution < -0.4 is 0 Å². The monoisotopic (exact) mass is 778 g/mol. The van der Waals surface area contributed by atoms with Crippen LogP contribution in [0.25, 0.3) is 111 Å². The molecule has 0 aliphatic rings. The Morgan fingerprint density at radius 1 is 0.246 bits per heavy atom. The van der Waals surface area contributed by atoms with Crippen LogP contribution >= 0.6 is 0 Å². The van der Waals surface area contributed by atoms with E-state index in [0.717, 1.165) is 66.9 Å². The molecule has 0 aliphatic carbocycles. The predicted molar refractivity (Wildman–Crippen MR) is 253 cm³/mol. The summed E-state index contributed by atoms with van der Waals surface area (Å²) < 4.78 is 0. The van der Waals surface area contributed by atoms with E-state index in [1.165, 1.54) is 32.3 Å². The van der Waals surface area contributed by atoms with Gasteiger partial charge in [-0.05, 0) is 115 Å². The molecule has 4 nitrogen and oxygen atoms in total. The largest absolute Gasteiger partial charge is 0.261 e. The molecule has 2 aromatic heterocycles. The zero-order chi connectivity index (χ0) is 40.7. The van der Waals surface area contributed by atoms with Gasteiger partial charge in [0.15, 0.2) is 17.5 Å². The van der Waals surface area contributed by atoms with E-state index >= 15 is 0 Å². The maximum absolute atomic E-state index is 5.16. The SMILES string of the molecule is Cc1ccc(-c2cccc(-c3ccc(-c4cc(-c5ccc6c7ccccc7c7ccccc7c6c5)cc(-c5nc(-c6ccccc6)nc(-c6ccccc6)n5)c4)cc3)c2)cn1. The second kappa shape index (κ2) is 15.3. The number of aryl methyl sites for hydroxylation is 1. The molecule has 2 heterocycles. The highest BCUT2D eigenvalue weighted by molar-refractivity contribution is 6.25. The van der Waals surface area contributed by atoms with Gasteiger partial charge in [0.2, 0.25) is 0 Å². The Morgan fingerprint density at radius 2 is 0.623 bits per heavy atom. The lowest BCUT2D eigenvalue weighted by Gasteiger charge is -2.15. The first-order chi connectivity index (χ1) is 30.1. The van der Waals surface area contributed by atoms with E-state index in [1.54, 1.807) is 0 Å². The average Bonchev–Trinajstić information content (AvgIpc) is 3.34. The van der Waals surface area contributed by atoms with E-state index < -0.39 is 0 Å². The molecule has 0 radical (unpaired) electrons. The molecule has 0 bridgehead atoms. The Labute approximate surface area is 354 Å². The summed E-state index contributed by atoms with van der Waals surface area (Å²) in [4.78, 5) is 19.8. The number of pyridine rings is 1. The van der Waals surface area contributed by atoms with Crippen LogP contribution in [-0.4, -0.2) is 19.9 Å². The van der Waals surface area contributed by atoms with Crippen molar-refractivity contribution in [3.63, 3.8) is 0 Å². The first kappa shape index (κ1) is 36.0. The van der Waals surface area contributed by atoms with Crippen LogP contribution in [0.15, 0.2) is 212 Å². The van der Waals surface area contributed by atoms with Crippen molar-refractivity contribution in [1.29, 1.82) is 0 Å². The van der Waals surface area contributed by atoms with E-state index in [4.69, 9.17) is 15.0 Å². The lowest BCUT2D eigenvalue weighted by molar-refractivity contribution is 1.07. The number of aromatic nitrogens is 4. The first-order valence-electron chi connectivity index (χ1n) is 20.6. The quantitative estimate of drug-likeness (QED) is 0.151. The van der Waals surface area contributed by atoms with E-state index in [9.17, 15) is 0 Å². The van der Waals surface area contributed by atoms with Crippen molar-refractivity contribution in [1.82, 2.24) is 19.9 Å². The highest BCUT2D eigenvalue weighted by atomic mass is 15.0. The number of hydrogen-bond donors (Lipinski definition) is 0. The summed E-state index contributed by atoms with van der Waals surface area (Å²) in [7, 11) is 0. The molecule has 0 N–H and O–H groups in total. The molecule has 11 aromatic rings. The second-order valence-electron chi connectivity index (χ2n) is 15.5. The standard InChI is InChI=1S/C57H38N4/c1-37-23-24-45(36-58-37)43-18-12-17-42(31-43)38-25-27-39(28-26-38)46-32-47(44-29-30-53-51-21-9-8-19-49(51)50-20-10-11-22-52(50)54(53)35-44)34-48(33-46)57-60-55(40-13-4-2-5-14-40)59-56(61-57)41-15-6-3-7-16-41/h2-36H,1H3. The minimum absolute atomic E-state index is 0.618. The van der Waals surface area contributed by atoms with Crippen molar-refractivity contribution in [2.75, 3.05) is 0 Å². The highest BCUT2D eigenvalue weighted by Crippen LogP contribution is 2.39. The molecule has 0 spiro atoms. The minimum atomic E-state index is 0.618. The summed E-state index contributed by atoms with van der Waals surface area (Å²) in [5, 5.41) is 7.49. The fourth-order valence-corrected chi connectivity index (χ4v) is 8.49. The summed E-state index contributed by atoms with van der Waals surface area (Å²) in [6.07, 6.45) is 1.94. The predicted octanol–water partition coefficient (Wildman–Crippen LogP) is 14.7. The molecule has 0 unspecified atom stereocenters. The van der Waals surface area contributed by atoms with Gasteiger partial charge in [-0.3, -0.25) is 4.98 Å². The topological polar surface area (TPSA) is 51.6 Å². The molecule has 61 heavy (non-hydrogen) atoms. The van der Waals surface area contributed by atoms with E-state index in [-0.39, 0.29) is 0 Å². The highest BCUT2D eigenvalue weighted by Gasteiger charge is 2.16. The van der Waals surface area contributed by atoms with E-state index in [2.05, 4.69) is 151 Å². The maximum atomic E-state index is 5.16. The Bertz CT molecular complexity index is 3300. The molecular formula is C57H38N4. The minimum Gasteiger partial charge on any atom is -0.261 e. The molecule has 286 valence electrons. The van der Waals surface area contributed by atoms with Crippen LogP contribution in [0.2, 0.25) is 0 Å². The van der Waals surface area contributed by atoms with Gasteiger partial charge < -0.3 is 0 Å². The fraction of sp³-hybridized carbons (Fsp3) is 0.0175. The van der Waals surface area contributed by atoms with Gasteiger partial charge in [-0.15, -0.1) is 0 Å². The third kappa shape index (κ3) is 6.90. The van der Waals surface area contributed by atoms with Crippen molar-refractivity contribution in [2.24, 2.45) is 0 Å². The van der Waals surface area contributed by atoms with Gasteiger partial charge in [0.1, 0.15) is 0 Å². The van der Waals surface area contributed by atoms with Crippen LogP contribution in [0.1, 0.15) is 5.69 Å².